The van der Waals surface area contributed by atoms with Gasteiger partial charge >= 0.3 is 0 Å². The number of hydrogen-bond acceptors (Lipinski definition) is 2. The molecule has 0 aromatic carbocycles. The average Bonchev–Trinajstić information content (AvgIpc) is 1.62. The lowest BCUT2D eigenvalue weighted by Crippen LogP contribution is -2.32. The van der Waals surface area contributed by atoms with Crippen LogP contribution < -0.4 is 0 Å². The predicted octanol–water partition coefficient (Wildman–Crippen LogP) is 1.09. The summed E-state index contributed by atoms with van der Waals surface area (Å²) in [4.78, 5) is 0. The van der Waals surface area contributed by atoms with E-state index < -0.39 is 0 Å². The highest BCUT2D eigenvalue weighted by molar-refractivity contribution is 5.22. The first-order valence-electron chi connectivity index (χ1n) is 3.04. The zero-order chi connectivity index (χ0) is 5.98. The monoisotopic (exact) mass is 112 g/mol. The summed E-state index contributed by atoms with van der Waals surface area (Å²) in [5, 5.41) is 5.74. The van der Waals surface area contributed by atoms with Gasteiger partial charge < -0.3 is 0 Å². The molecule has 0 spiro atoms. The van der Waals surface area contributed by atoms with Gasteiger partial charge in [-0.25, -0.2) is 0 Å². The molecule has 0 aromatic rings. The van der Waals surface area contributed by atoms with Gasteiger partial charge in [0.25, 0.3) is 0 Å². The van der Waals surface area contributed by atoms with Gasteiger partial charge in [0.15, 0.2) is 0 Å². The van der Waals surface area contributed by atoms with Gasteiger partial charge in [-0.3, -0.25) is 5.01 Å². The standard InChI is InChI=1S/C6H12N2/c1-7-8(2)6-4-3-5-6/h6H,1,3-5H2,2H3. The molecule has 0 unspecified atom stereocenters. The smallest absolute Gasteiger partial charge is 0.0467 e. The Morgan fingerprint density at radius 2 is 2.25 bits per heavy atom. The molecule has 2 heteroatoms. The summed E-state index contributed by atoms with van der Waals surface area (Å²) in [6, 6.07) is 0.701. The van der Waals surface area contributed by atoms with Crippen LogP contribution in [-0.2, 0) is 0 Å². The van der Waals surface area contributed by atoms with Crippen LogP contribution in [0.4, 0.5) is 0 Å². The second-order valence-electron chi connectivity index (χ2n) is 2.30. The minimum absolute atomic E-state index is 0.701. The Balaban J connectivity index is 2.22. The fraction of sp³-hybridized carbons (Fsp3) is 0.833. The largest absolute Gasteiger partial charge is 0.298 e. The van der Waals surface area contributed by atoms with Crippen LogP contribution in [0.2, 0.25) is 0 Å². The van der Waals surface area contributed by atoms with E-state index >= 15 is 0 Å². The summed E-state index contributed by atoms with van der Waals surface area (Å²) in [7, 11) is 1.98. The average molecular weight is 112 g/mol. The van der Waals surface area contributed by atoms with Gasteiger partial charge in [-0.05, 0) is 19.3 Å². The van der Waals surface area contributed by atoms with Crippen molar-refractivity contribution in [3.8, 4) is 0 Å². The van der Waals surface area contributed by atoms with Gasteiger partial charge in [-0.1, -0.05) is 0 Å². The lowest BCUT2D eigenvalue weighted by molar-refractivity contribution is 0.167. The maximum Gasteiger partial charge on any atom is 0.0467 e. The molecule has 1 rings (SSSR count). The van der Waals surface area contributed by atoms with Crippen molar-refractivity contribution in [2.75, 3.05) is 7.05 Å². The Labute approximate surface area is 50.2 Å². The van der Waals surface area contributed by atoms with Crippen molar-refractivity contribution in [1.82, 2.24) is 5.01 Å². The second-order valence-corrected chi connectivity index (χ2v) is 2.30. The maximum atomic E-state index is 3.79. The molecule has 0 atom stereocenters. The Morgan fingerprint density at radius 3 is 2.38 bits per heavy atom. The molecule has 0 N–H and O–H groups in total. The molecule has 1 aliphatic carbocycles. The zero-order valence-electron chi connectivity index (χ0n) is 5.30. The van der Waals surface area contributed by atoms with Crippen molar-refractivity contribution in [2.45, 2.75) is 25.3 Å². The second kappa shape index (κ2) is 2.16. The summed E-state index contributed by atoms with van der Waals surface area (Å²) >= 11 is 0. The van der Waals surface area contributed by atoms with E-state index in [4.69, 9.17) is 0 Å². The lowest BCUT2D eigenvalue weighted by atomic mass is 9.93. The van der Waals surface area contributed by atoms with Crippen LogP contribution in [0.1, 0.15) is 19.3 Å². The van der Waals surface area contributed by atoms with Crippen LogP contribution in [0.25, 0.3) is 0 Å². The van der Waals surface area contributed by atoms with Gasteiger partial charge in [-0.2, -0.15) is 5.10 Å². The SMILES string of the molecule is C=NN(C)C1CCC1. The summed E-state index contributed by atoms with van der Waals surface area (Å²) in [5.41, 5.74) is 0. The molecule has 46 valence electrons. The molecule has 0 saturated heterocycles. The Hall–Kier alpha value is -0.530. The molecule has 0 aromatic heterocycles. The topological polar surface area (TPSA) is 15.6 Å². The number of hydrazone groups is 1. The highest BCUT2D eigenvalue weighted by Crippen LogP contribution is 2.22. The molecule has 8 heavy (non-hydrogen) atoms. The lowest BCUT2D eigenvalue weighted by Gasteiger charge is -2.31. The highest BCUT2D eigenvalue weighted by atomic mass is 15.4. The molecule has 0 aliphatic heterocycles. The van der Waals surface area contributed by atoms with Gasteiger partial charge in [0, 0.05) is 19.8 Å². The number of nitrogens with zero attached hydrogens (tertiary/aromatic N) is 2. The highest BCUT2D eigenvalue weighted by Gasteiger charge is 2.19. The number of hydrogen-bond donors (Lipinski definition) is 0. The van der Waals surface area contributed by atoms with Gasteiger partial charge in [0.05, 0.1) is 0 Å². The van der Waals surface area contributed by atoms with Crippen molar-refractivity contribution < 1.29 is 0 Å². The molecular formula is C6H12N2. The molecule has 1 fully saturated rings. The van der Waals surface area contributed by atoms with E-state index in [1.54, 1.807) is 0 Å². The summed E-state index contributed by atoms with van der Waals surface area (Å²) < 4.78 is 0. The first-order chi connectivity index (χ1) is 3.84. The zero-order valence-corrected chi connectivity index (χ0v) is 5.30. The summed E-state index contributed by atoms with van der Waals surface area (Å²) in [6.07, 6.45) is 3.97. The molecule has 0 radical (unpaired) electrons. The molecule has 0 bridgehead atoms. The van der Waals surface area contributed by atoms with Gasteiger partial charge in [0.1, 0.15) is 0 Å². The molecule has 0 heterocycles. The molecule has 1 aliphatic rings. The van der Waals surface area contributed by atoms with E-state index in [0.717, 1.165) is 0 Å². The van der Waals surface area contributed by atoms with Crippen molar-refractivity contribution in [1.29, 1.82) is 0 Å². The van der Waals surface area contributed by atoms with Crippen LogP contribution in [0, 0.1) is 0 Å². The van der Waals surface area contributed by atoms with Crippen LogP contribution in [0.3, 0.4) is 0 Å². The van der Waals surface area contributed by atoms with Crippen LogP contribution >= 0.6 is 0 Å². The molecule has 2 nitrogen and oxygen atoms in total. The minimum Gasteiger partial charge on any atom is -0.298 e. The van der Waals surface area contributed by atoms with Crippen molar-refractivity contribution in [3.05, 3.63) is 0 Å². The molecular weight excluding hydrogens is 100 g/mol. The Kier molecular flexibility index (Phi) is 1.51. The summed E-state index contributed by atoms with van der Waals surface area (Å²) in [6.45, 7) is 3.44. The van der Waals surface area contributed by atoms with Gasteiger partial charge in [-0.15, -0.1) is 0 Å². The Morgan fingerprint density at radius 1 is 1.62 bits per heavy atom. The first-order valence-corrected chi connectivity index (χ1v) is 3.04. The minimum atomic E-state index is 0.701. The number of rotatable bonds is 2. The molecule has 1 saturated carbocycles. The van der Waals surface area contributed by atoms with Crippen LogP contribution in [-0.4, -0.2) is 24.8 Å². The van der Waals surface area contributed by atoms with Crippen LogP contribution in [0.15, 0.2) is 5.10 Å². The fourth-order valence-corrected chi connectivity index (χ4v) is 0.876. The van der Waals surface area contributed by atoms with Crippen molar-refractivity contribution >= 4 is 6.72 Å². The predicted molar refractivity (Wildman–Crippen MR) is 35.0 cm³/mol. The van der Waals surface area contributed by atoms with Crippen molar-refractivity contribution in [3.63, 3.8) is 0 Å². The van der Waals surface area contributed by atoms with Crippen molar-refractivity contribution in [2.24, 2.45) is 5.10 Å². The summed E-state index contributed by atoms with van der Waals surface area (Å²) in [5.74, 6) is 0. The van der Waals surface area contributed by atoms with E-state index in [1.807, 2.05) is 12.1 Å². The quantitative estimate of drug-likeness (QED) is 0.385. The van der Waals surface area contributed by atoms with Gasteiger partial charge in [0.2, 0.25) is 0 Å². The van der Waals surface area contributed by atoms with E-state index in [0.29, 0.717) is 6.04 Å². The van der Waals surface area contributed by atoms with E-state index in [9.17, 15) is 0 Å². The van der Waals surface area contributed by atoms with E-state index in [2.05, 4.69) is 11.8 Å². The maximum absolute atomic E-state index is 3.79. The molecule has 0 amide bonds. The third kappa shape index (κ3) is 0.831. The first kappa shape index (κ1) is 5.60. The Bertz CT molecular complexity index is 86.5. The fourth-order valence-electron chi connectivity index (χ4n) is 0.876. The third-order valence-electron chi connectivity index (χ3n) is 1.83. The third-order valence-corrected chi connectivity index (χ3v) is 1.83. The van der Waals surface area contributed by atoms with E-state index in [-0.39, 0.29) is 0 Å². The normalized spacial score (nSPS) is 19.6. The van der Waals surface area contributed by atoms with E-state index in [1.165, 1.54) is 19.3 Å². The van der Waals surface area contributed by atoms with Crippen LogP contribution in [0.5, 0.6) is 0 Å².